The number of hydrogen-bond donors (Lipinski definition) is 2. The molecule has 0 spiro atoms. The lowest BCUT2D eigenvalue weighted by Gasteiger charge is -2.17. The third-order valence-electron chi connectivity index (χ3n) is 2.57. The molecule has 6 nitrogen and oxygen atoms in total. The van der Waals surface area contributed by atoms with Crippen molar-refractivity contribution in [2.75, 3.05) is 18.4 Å². The van der Waals surface area contributed by atoms with E-state index in [-0.39, 0.29) is 13.1 Å². The van der Waals surface area contributed by atoms with Gasteiger partial charge in [-0.05, 0) is 18.6 Å². The minimum absolute atomic E-state index is 0.0232. The molecule has 0 unspecified atom stereocenters. The summed E-state index contributed by atoms with van der Waals surface area (Å²) in [5.74, 6) is -2.26. The summed E-state index contributed by atoms with van der Waals surface area (Å²) >= 11 is 0. The van der Waals surface area contributed by atoms with E-state index in [9.17, 15) is 14.4 Å². The maximum atomic E-state index is 11.8. The Kier molecular flexibility index (Phi) is 5.20. The lowest BCUT2D eigenvalue weighted by Crippen LogP contribution is -2.44. The van der Waals surface area contributed by atoms with Crippen LogP contribution >= 0.6 is 0 Å². The smallest absolute Gasteiger partial charge is 0.318 e. The number of rotatable bonds is 3. The second-order valence-electron chi connectivity index (χ2n) is 4.03. The zero-order chi connectivity index (χ0) is 14.4. The molecule has 0 fully saturated rings. The summed E-state index contributed by atoms with van der Waals surface area (Å²) in [4.78, 5) is 35.7. The van der Waals surface area contributed by atoms with E-state index in [2.05, 4.69) is 5.32 Å². The molecule has 0 aliphatic rings. The summed E-state index contributed by atoms with van der Waals surface area (Å²) in [6, 6.07) is 7.06. The van der Waals surface area contributed by atoms with Crippen LogP contribution in [-0.2, 0) is 14.4 Å². The number of amides is 3. The van der Waals surface area contributed by atoms with Crippen molar-refractivity contribution in [3.05, 3.63) is 29.8 Å². The molecule has 0 aromatic heterocycles. The van der Waals surface area contributed by atoms with Gasteiger partial charge in [-0.1, -0.05) is 18.2 Å². The summed E-state index contributed by atoms with van der Waals surface area (Å²) in [5.41, 5.74) is 6.67. The van der Waals surface area contributed by atoms with Crippen molar-refractivity contribution in [1.29, 1.82) is 0 Å². The standard InChI is InChI=1S/C13H17N3O3/c1-9-5-3-4-6-11(9)15-12(18)13(19)16(8-7-14)10(2)17/h3-6H,7-8,14H2,1-2H3,(H,15,18). The molecule has 1 aromatic carbocycles. The number of carbonyl (C=O) groups is 3. The molecule has 0 aliphatic heterocycles. The zero-order valence-electron chi connectivity index (χ0n) is 11.0. The van der Waals surface area contributed by atoms with Crippen molar-refractivity contribution in [2.24, 2.45) is 5.73 Å². The Bertz CT molecular complexity index is 500. The van der Waals surface area contributed by atoms with Crippen LogP contribution in [0.1, 0.15) is 12.5 Å². The first kappa shape index (κ1) is 14.8. The molecular formula is C13H17N3O3. The van der Waals surface area contributed by atoms with Gasteiger partial charge in [0.2, 0.25) is 5.91 Å². The maximum absolute atomic E-state index is 11.8. The molecule has 1 aromatic rings. The van der Waals surface area contributed by atoms with Gasteiger partial charge in [0.25, 0.3) is 0 Å². The predicted octanol–water partition coefficient (Wildman–Crippen LogP) is 0.267. The average molecular weight is 263 g/mol. The number of benzene rings is 1. The molecule has 1 rings (SSSR count). The molecule has 0 radical (unpaired) electrons. The van der Waals surface area contributed by atoms with E-state index in [0.29, 0.717) is 5.69 Å². The Hall–Kier alpha value is -2.21. The highest BCUT2D eigenvalue weighted by Crippen LogP contribution is 2.13. The van der Waals surface area contributed by atoms with Gasteiger partial charge in [0.05, 0.1) is 0 Å². The van der Waals surface area contributed by atoms with Crippen molar-refractivity contribution in [3.63, 3.8) is 0 Å². The first-order chi connectivity index (χ1) is 8.97. The molecule has 102 valence electrons. The number of imide groups is 1. The van der Waals surface area contributed by atoms with E-state index in [0.717, 1.165) is 10.5 Å². The first-order valence-corrected chi connectivity index (χ1v) is 5.86. The van der Waals surface area contributed by atoms with E-state index in [1.54, 1.807) is 12.1 Å². The Morgan fingerprint density at radius 2 is 1.89 bits per heavy atom. The van der Waals surface area contributed by atoms with Gasteiger partial charge in [-0.3, -0.25) is 19.3 Å². The molecule has 0 heterocycles. The second kappa shape index (κ2) is 6.65. The third kappa shape index (κ3) is 3.89. The van der Waals surface area contributed by atoms with Crippen LogP contribution < -0.4 is 11.1 Å². The highest BCUT2D eigenvalue weighted by Gasteiger charge is 2.24. The van der Waals surface area contributed by atoms with Gasteiger partial charge in [-0.2, -0.15) is 0 Å². The average Bonchev–Trinajstić information content (AvgIpc) is 2.37. The van der Waals surface area contributed by atoms with Crippen LogP contribution in [-0.4, -0.2) is 35.7 Å². The van der Waals surface area contributed by atoms with Gasteiger partial charge in [0, 0.05) is 25.7 Å². The largest absolute Gasteiger partial charge is 0.329 e. The lowest BCUT2D eigenvalue weighted by atomic mass is 10.2. The van der Waals surface area contributed by atoms with E-state index >= 15 is 0 Å². The molecule has 0 aliphatic carbocycles. The van der Waals surface area contributed by atoms with Crippen molar-refractivity contribution in [1.82, 2.24) is 4.90 Å². The Labute approximate surface area is 111 Å². The molecule has 0 saturated heterocycles. The summed E-state index contributed by atoms with van der Waals surface area (Å²) in [6.45, 7) is 3.16. The van der Waals surface area contributed by atoms with E-state index < -0.39 is 17.7 Å². The van der Waals surface area contributed by atoms with Gasteiger partial charge in [-0.25, -0.2) is 0 Å². The van der Waals surface area contributed by atoms with Crippen molar-refractivity contribution in [2.45, 2.75) is 13.8 Å². The maximum Gasteiger partial charge on any atom is 0.318 e. The fraction of sp³-hybridized carbons (Fsp3) is 0.308. The van der Waals surface area contributed by atoms with Gasteiger partial charge in [-0.15, -0.1) is 0 Å². The minimum Gasteiger partial charge on any atom is -0.329 e. The molecule has 19 heavy (non-hydrogen) atoms. The third-order valence-corrected chi connectivity index (χ3v) is 2.57. The van der Waals surface area contributed by atoms with Gasteiger partial charge in [0.15, 0.2) is 0 Å². The topological polar surface area (TPSA) is 92.5 Å². The first-order valence-electron chi connectivity index (χ1n) is 5.86. The number of nitrogens with two attached hydrogens (primary N) is 1. The Morgan fingerprint density at radius 3 is 2.42 bits per heavy atom. The number of para-hydroxylation sites is 1. The van der Waals surface area contributed by atoms with Crippen LogP contribution in [0.2, 0.25) is 0 Å². The van der Waals surface area contributed by atoms with Crippen molar-refractivity contribution < 1.29 is 14.4 Å². The minimum atomic E-state index is -0.902. The summed E-state index contributed by atoms with van der Waals surface area (Å²) in [6.07, 6.45) is 0. The number of nitrogens with zero attached hydrogens (tertiary/aromatic N) is 1. The monoisotopic (exact) mass is 263 g/mol. The molecule has 0 atom stereocenters. The molecule has 0 bridgehead atoms. The SMILES string of the molecule is CC(=O)N(CCN)C(=O)C(=O)Nc1ccccc1C. The molecular weight excluding hydrogens is 246 g/mol. The van der Waals surface area contributed by atoms with Crippen molar-refractivity contribution in [3.8, 4) is 0 Å². The fourth-order valence-electron chi connectivity index (χ4n) is 1.54. The quantitative estimate of drug-likeness (QED) is 0.765. The number of anilines is 1. The van der Waals surface area contributed by atoms with Crippen LogP contribution in [0, 0.1) is 6.92 Å². The van der Waals surface area contributed by atoms with Crippen LogP contribution in [0.25, 0.3) is 0 Å². The molecule has 3 N–H and O–H groups in total. The van der Waals surface area contributed by atoms with Gasteiger partial charge >= 0.3 is 11.8 Å². The molecule has 3 amide bonds. The van der Waals surface area contributed by atoms with Crippen LogP contribution in [0.15, 0.2) is 24.3 Å². The molecule has 6 heteroatoms. The summed E-state index contributed by atoms with van der Waals surface area (Å²) in [5, 5.41) is 2.48. The number of aryl methyl sites for hydroxylation is 1. The fourth-order valence-corrected chi connectivity index (χ4v) is 1.54. The number of nitrogens with one attached hydrogen (secondary N) is 1. The molecule has 0 saturated carbocycles. The van der Waals surface area contributed by atoms with Gasteiger partial charge < -0.3 is 11.1 Å². The van der Waals surface area contributed by atoms with Crippen LogP contribution in [0.3, 0.4) is 0 Å². The highest BCUT2D eigenvalue weighted by atomic mass is 16.2. The van der Waals surface area contributed by atoms with Crippen LogP contribution in [0.4, 0.5) is 5.69 Å². The summed E-state index contributed by atoms with van der Waals surface area (Å²) < 4.78 is 0. The van der Waals surface area contributed by atoms with E-state index in [1.165, 1.54) is 6.92 Å². The Morgan fingerprint density at radius 1 is 1.26 bits per heavy atom. The highest BCUT2D eigenvalue weighted by molar-refractivity contribution is 6.41. The van der Waals surface area contributed by atoms with Gasteiger partial charge in [0.1, 0.15) is 0 Å². The number of carbonyl (C=O) groups excluding carboxylic acids is 3. The van der Waals surface area contributed by atoms with E-state index in [4.69, 9.17) is 5.73 Å². The Balaban J connectivity index is 2.80. The normalized spacial score (nSPS) is 9.84. The van der Waals surface area contributed by atoms with Crippen LogP contribution in [0.5, 0.6) is 0 Å². The van der Waals surface area contributed by atoms with E-state index in [1.807, 2.05) is 19.1 Å². The summed E-state index contributed by atoms with van der Waals surface area (Å²) in [7, 11) is 0. The number of hydrogen-bond acceptors (Lipinski definition) is 4. The second-order valence-corrected chi connectivity index (χ2v) is 4.03. The predicted molar refractivity (Wildman–Crippen MR) is 71.3 cm³/mol. The zero-order valence-corrected chi connectivity index (χ0v) is 11.0. The lowest BCUT2D eigenvalue weighted by molar-refractivity contribution is -0.149. The van der Waals surface area contributed by atoms with Crippen molar-refractivity contribution >= 4 is 23.4 Å².